The average Bonchev–Trinajstić information content (AvgIpc) is 2.58. The number of pyridine rings is 1. The Kier molecular flexibility index (Phi) is 3.45. The molecule has 7 heteroatoms. The highest BCUT2D eigenvalue weighted by Crippen LogP contribution is 2.27. The van der Waals surface area contributed by atoms with Gasteiger partial charge in [0.15, 0.2) is 12.3 Å². The Bertz CT molecular complexity index is 448. The number of aromatic carboxylic acids is 1. The number of aromatic nitrogens is 1. The van der Waals surface area contributed by atoms with Gasteiger partial charge in [0.2, 0.25) is 0 Å². The molecule has 1 fully saturated rings. The molecule has 0 amide bonds. The summed E-state index contributed by atoms with van der Waals surface area (Å²) in [6.07, 6.45) is -1.74. The van der Waals surface area contributed by atoms with Gasteiger partial charge in [-0.1, -0.05) is 0 Å². The molecular formula is C10H9F2IN2O2. The van der Waals surface area contributed by atoms with Gasteiger partial charge >= 0.3 is 5.97 Å². The van der Waals surface area contributed by atoms with Crippen LogP contribution < -0.4 is 4.90 Å². The molecule has 1 aromatic rings. The lowest BCUT2D eigenvalue weighted by Gasteiger charge is -2.18. The van der Waals surface area contributed by atoms with Crippen LogP contribution in [0.1, 0.15) is 10.4 Å². The quantitative estimate of drug-likeness (QED) is 0.825. The molecule has 1 saturated heterocycles. The van der Waals surface area contributed by atoms with Crippen molar-refractivity contribution in [3.05, 3.63) is 21.4 Å². The van der Waals surface area contributed by atoms with Gasteiger partial charge in [0.25, 0.3) is 0 Å². The predicted octanol–water partition coefficient (Wildman–Crippen LogP) is 1.88. The molecule has 2 rings (SSSR count). The van der Waals surface area contributed by atoms with Crippen LogP contribution in [-0.4, -0.2) is 41.5 Å². The first kappa shape index (κ1) is 12.5. The first-order valence-electron chi connectivity index (χ1n) is 4.91. The molecule has 0 radical (unpaired) electrons. The molecule has 2 heterocycles. The Morgan fingerprint density at radius 1 is 1.47 bits per heavy atom. The lowest BCUT2D eigenvalue weighted by atomic mass is 10.2. The first-order chi connectivity index (χ1) is 8.00. The molecule has 1 aliphatic rings. The molecule has 0 saturated carbocycles. The number of hydrogen-bond donors (Lipinski definition) is 1. The van der Waals surface area contributed by atoms with E-state index in [-0.39, 0.29) is 24.5 Å². The molecule has 17 heavy (non-hydrogen) atoms. The number of alkyl halides is 2. The average molecular weight is 354 g/mol. The van der Waals surface area contributed by atoms with Crippen molar-refractivity contribution in [2.45, 2.75) is 12.3 Å². The van der Waals surface area contributed by atoms with Crippen LogP contribution >= 0.6 is 22.6 Å². The van der Waals surface area contributed by atoms with E-state index in [9.17, 15) is 13.6 Å². The summed E-state index contributed by atoms with van der Waals surface area (Å²) in [6, 6.07) is 1.55. The van der Waals surface area contributed by atoms with Crippen LogP contribution in [0.4, 0.5) is 14.6 Å². The maximum absolute atomic E-state index is 13.1. The zero-order valence-electron chi connectivity index (χ0n) is 8.61. The van der Waals surface area contributed by atoms with E-state index in [0.29, 0.717) is 3.57 Å². The highest BCUT2D eigenvalue weighted by molar-refractivity contribution is 14.1. The van der Waals surface area contributed by atoms with Gasteiger partial charge in [0.1, 0.15) is 11.4 Å². The first-order valence-corrected chi connectivity index (χ1v) is 5.99. The second kappa shape index (κ2) is 4.71. The molecule has 0 aliphatic carbocycles. The number of nitrogens with zero attached hydrogens (tertiary/aromatic N) is 2. The van der Waals surface area contributed by atoms with Crippen molar-refractivity contribution in [2.24, 2.45) is 0 Å². The zero-order valence-corrected chi connectivity index (χ0v) is 10.8. The van der Waals surface area contributed by atoms with E-state index in [1.54, 1.807) is 6.07 Å². The second-order valence-electron chi connectivity index (χ2n) is 3.73. The molecule has 1 aliphatic heterocycles. The van der Waals surface area contributed by atoms with Crippen LogP contribution in [0.15, 0.2) is 12.3 Å². The minimum absolute atomic E-state index is 0.00519. The normalized spacial score (nSPS) is 24.1. The Labute approximate surface area is 110 Å². The molecule has 0 spiro atoms. The topological polar surface area (TPSA) is 53.4 Å². The van der Waals surface area contributed by atoms with Gasteiger partial charge < -0.3 is 10.0 Å². The number of halogens is 3. The minimum Gasteiger partial charge on any atom is -0.478 e. The van der Waals surface area contributed by atoms with Gasteiger partial charge in [0, 0.05) is 9.77 Å². The molecule has 1 N–H and O–H groups in total. The number of hydrogen-bond acceptors (Lipinski definition) is 3. The number of carboxylic acids is 1. The Morgan fingerprint density at radius 2 is 2.06 bits per heavy atom. The molecule has 2 atom stereocenters. The van der Waals surface area contributed by atoms with Gasteiger partial charge in [-0.2, -0.15) is 0 Å². The van der Waals surface area contributed by atoms with E-state index in [2.05, 4.69) is 4.98 Å². The predicted molar refractivity (Wildman–Crippen MR) is 65.9 cm³/mol. The number of anilines is 1. The van der Waals surface area contributed by atoms with E-state index < -0.39 is 18.3 Å². The van der Waals surface area contributed by atoms with Crippen LogP contribution in [0.25, 0.3) is 0 Å². The summed E-state index contributed by atoms with van der Waals surface area (Å²) in [5, 5.41) is 9.08. The fraction of sp³-hybridized carbons (Fsp3) is 0.400. The Hall–Kier alpha value is -0.990. The van der Waals surface area contributed by atoms with Crippen LogP contribution in [0.5, 0.6) is 0 Å². The van der Waals surface area contributed by atoms with Gasteiger partial charge in [-0.25, -0.2) is 18.6 Å². The highest BCUT2D eigenvalue weighted by Gasteiger charge is 2.35. The molecule has 0 bridgehead atoms. The van der Waals surface area contributed by atoms with Crippen molar-refractivity contribution in [3.63, 3.8) is 0 Å². The maximum Gasteiger partial charge on any atom is 0.340 e. The van der Waals surface area contributed by atoms with Gasteiger partial charge in [-0.15, -0.1) is 0 Å². The molecule has 4 nitrogen and oxygen atoms in total. The fourth-order valence-corrected chi connectivity index (χ4v) is 2.40. The van der Waals surface area contributed by atoms with E-state index in [0.717, 1.165) is 0 Å². The highest BCUT2D eigenvalue weighted by atomic mass is 127. The Morgan fingerprint density at radius 3 is 2.59 bits per heavy atom. The van der Waals surface area contributed by atoms with Gasteiger partial charge in [0.05, 0.1) is 13.1 Å². The largest absolute Gasteiger partial charge is 0.478 e. The van der Waals surface area contributed by atoms with Gasteiger partial charge in [-0.05, 0) is 28.7 Å². The number of carbonyl (C=O) groups is 1. The third-order valence-corrected chi connectivity index (χ3v) is 3.47. The third-order valence-electron chi connectivity index (χ3n) is 2.58. The van der Waals surface area contributed by atoms with Gasteiger partial charge in [-0.3, -0.25) is 0 Å². The summed E-state index contributed by atoms with van der Waals surface area (Å²) in [5.41, 5.74) is -0.00519. The number of carboxylic acid groups (broad SMARTS) is 1. The zero-order chi connectivity index (χ0) is 12.6. The smallest absolute Gasteiger partial charge is 0.340 e. The van der Waals surface area contributed by atoms with Crippen LogP contribution in [0.3, 0.4) is 0 Å². The molecule has 1 aromatic heterocycles. The molecule has 0 aromatic carbocycles. The van der Waals surface area contributed by atoms with E-state index >= 15 is 0 Å². The van der Waals surface area contributed by atoms with Crippen molar-refractivity contribution >= 4 is 34.4 Å². The second-order valence-corrected chi connectivity index (χ2v) is 4.90. The minimum atomic E-state index is -1.59. The summed E-state index contributed by atoms with van der Waals surface area (Å²) in [7, 11) is 0. The van der Waals surface area contributed by atoms with E-state index in [1.165, 1.54) is 11.1 Å². The lowest BCUT2D eigenvalue weighted by Crippen LogP contribution is -2.24. The van der Waals surface area contributed by atoms with Crippen molar-refractivity contribution < 1.29 is 18.7 Å². The molecule has 92 valence electrons. The van der Waals surface area contributed by atoms with Crippen molar-refractivity contribution in [2.75, 3.05) is 18.0 Å². The van der Waals surface area contributed by atoms with Crippen LogP contribution in [0.2, 0.25) is 0 Å². The lowest BCUT2D eigenvalue weighted by molar-refractivity contribution is 0.0696. The maximum atomic E-state index is 13.1. The summed E-state index contributed by atoms with van der Waals surface area (Å²) < 4.78 is 26.7. The van der Waals surface area contributed by atoms with E-state index in [4.69, 9.17) is 5.11 Å². The summed E-state index contributed by atoms with van der Waals surface area (Å²) in [4.78, 5) is 16.4. The van der Waals surface area contributed by atoms with Crippen molar-refractivity contribution in [1.82, 2.24) is 4.98 Å². The monoisotopic (exact) mass is 354 g/mol. The molecular weight excluding hydrogens is 345 g/mol. The third kappa shape index (κ3) is 2.33. The van der Waals surface area contributed by atoms with Crippen molar-refractivity contribution in [3.8, 4) is 0 Å². The van der Waals surface area contributed by atoms with E-state index in [1.807, 2.05) is 22.6 Å². The molecule has 0 unspecified atom stereocenters. The summed E-state index contributed by atoms with van der Waals surface area (Å²) >= 11 is 1.86. The van der Waals surface area contributed by atoms with Crippen LogP contribution in [0, 0.1) is 3.57 Å². The summed E-state index contributed by atoms with van der Waals surface area (Å²) in [6.45, 7) is -0.316. The van der Waals surface area contributed by atoms with Crippen LogP contribution in [-0.2, 0) is 0 Å². The number of rotatable bonds is 2. The SMILES string of the molecule is O=C(O)c1c(I)ccnc1N1C[C@@H](F)[C@@H](F)C1. The fourth-order valence-electron chi connectivity index (χ4n) is 1.76. The van der Waals surface area contributed by atoms with Crippen molar-refractivity contribution in [1.29, 1.82) is 0 Å². The summed E-state index contributed by atoms with van der Waals surface area (Å²) in [5.74, 6) is -1.01. The standard InChI is InChI=1S/C10H9F2IN2O2/c11-5-3-15(4-6(5)12)9-8(10(16)17)7(13)1-2-14-9/h1-2,5-6H,3-4H2,(H,16,17)/t5-,6+. The Balaban J connectivity index is 2.39.